The average Bonchev–Trinajstić information content (AvgIpc) is 3.38. The number of rotatable bonds is 4. The number of hydrogen-bond donors (Lipinski definition) is 1. The maximum atomic E-state index is 13.9. The number of fused-ring (bicyclic) bond motifs is 2. The van der Waals surface area contributed by atoms with Crippen molar-refractivity contribution in [3.8, 4) is 5.75 Å². The Balaban J connectivity index is 1.47. The Hall–Kier alpha value is -3.52. The highest BCUT2D eigenvalue weighted by molar-refractivity contribution is 8.01. The van der Waals surface area contributed by atoms with Gasteiger partial charge in [0.25, 0.3) is 5.91 Å². The van der Waals surface area contributed by atoms with E-state index in [1.807, 2.05) is 24.3 Å². The third kappa shape index (κ3) is 3.60. The zero-order valence-corrected chi connectivity index (χ0v) is 18.8. The van der Waals surface area contributed by atoms with E-state index in [1.165, 1.54) is 23.9 Å². The molecule has 0 aliphatic carbocycles. The van der Waals surface area contributed by atoms with Crippen LogP contribution in [0.15, 0.2) is 72.8 Å². The molecule has 1 saturated heterocycles. The zero-order valence-electron chi connectivity index (χ0n) is 18.0. The van der Waals surface area contributed by atoms with Crippen molar-refractivity contribution in [1.82, 2.24) is 4.90 Å². The van der Waals surface area contributed by atoms with E-state index in [0.717, 1.165) is 16.8 Å². The standard InChI is InChI=1S/C25H22FN3O3S/c1-32-20-12-10-19(11-13-20)27-24(31)29-14-15-33-25(29)21-4-2-3-5-22(21)28(23(25)30)16-17-6-8-18(26)9-7-17/h2-13H,14-16H2,1H3,(H,27,31)/t25-/m0/s1. The van der Waals surface area contributed by atoms with Crippen LogP contribution in [0.2, 0.25) is 0 Å². The van der Waals surface area contributed by atoms with Gasteiger partial charge in [-0.2, -0.15) is 0 Å². The number of benzene rings is 3. The van der Waals surface area contributed by atoms with Gasteiger partial charge in [-0.25, -0.2) is 9.18 Å². The molecule has 8 heteroatoms. The fraction of sp³-hybridized carbons (Fsp3) is 0.200. The average molecular weight is 464 g/mol. The first-order valence-corrected chi connectivity index (χ1v) is 11.5. The Morgan fingerprint density at radius 2 is 1.82 bits per heavy atom. The van der Waals surface area contributed by atoms with E-state index in [4.69, 9.17) is 4.74 Å². The largest absolute Gasteiger partial charge is 0.497 e. The quantitative estimate of drug-likeness (QED) is 0.603. The van der Waals surface area contributed by atoms with Crippen LogP contribution in [0.3, 0.4) is 0 Å². The number of halogens is 1. The summed E-state index contributed by atoms with van der Waals surface area (Å²) < 4.78 is 18.5. The Kier molecular flexibility index (Phi) is 5.46. The number of carbonyl (C=O) groups excluding carboxylic acids is 2. The van der Waals surface area contributed by atoms with Crippen molar-refractivity contribution in [3.05, 3.63) is 89.7 Å². The molecule has 3 aromatic carbocycles. The first-order chi connectivity index (χ1) is 16.0. The van der Waals surface area contributed by atoms with E-state index in [1.54, 1.807) is 53.3 Å². The molecule has 2 aliphatic rings. The van der Waals surface area contributed by atoms with Crippen LogP contribution in [0.4, 0.5) is 20.6 Å². The number of carbonyl (C=O) groups is 2. The molecule has 33 heavy (non-hydrogen) atoms. The van der Waals surface area contributed by atoms with Gasteiger partial charge in [0, 0.05) is 23.5 Å². The molecule has 1 spiro atoms. The van der Waals surface area contributed by atoms with Crippen molar-refractivity contribution in [3.63, 3.8) is 0 Å². The van der Waals surface area contributed by atoms with Gasteiger partial charge in [0.2, 0.25) is 0 Å². The molecule has 0 bridgehead atoms. The van der Waals surface area contributed by atoms with Crippen LogP contribution < -0.4 is 15.0 Å². The maximum absolute atomic E-state index is 13.9. The number of thioether (sulfide) groups is 1. The van der Waals surface area contributed by atoms with Gasteiger partial charge in [0.1, 0.15) is 11.6 Å². The molecule has 0 unspecified atom stereocenters. The summed E-state index contributed by atoms with van der Waals surface area (Å²) in [5.41, 5.74) is 3.00. The maximum Gasteiger partial charge on any atom is 0.323 e. The molecule has 0 aromatic heterocycles. The lowest BCUT2D eigenvalue weighted by Gasteiger charge is -2.33. The number of anilines is 2. The summed E-state index contributed by atoms with van der Waals surface area (Å²) in [5, 5.41) is 2.91. The van der Waals surface area contributed by atoms with E-state index in [-0.39, 0.29) is 17.8 Å². The number of hydrogen-bond acceptors (Lipinski definition) is 4. The lowest BCUT2D eigenvalue weighted by atomic mass is 10.1. The first-order valence-electron chi connectivity index (χ1n) is 10.6. The summed E-state index contributed by atoms with van der Waals surface area (Å²) in [5.74, 6) is 0.842. The second-order valence-corrected chi connectivity index (χ2v) is 9.13. The minimum absolute atomic E-state index is 0.166. The van der Waals surface area contributed by atoms with Gasteiger partial charge < -0.3 is 15.0 Å². The molecule has 2 aliphatic heterocycles. The minimum Gasteiger partial charge on any atom is -0.497 e. The molecule has 3 aromatic rings. The molecule has 0 saturated carbocycles. The molecular formula is C25H22FN3O3S. The lowest BCUT2D eigenvalue weighted by Crippen LogP contribution is -2.51. The third-order valence-corrected chi connectivity index (χ3v) is 7.36. The van der Waals surface area contributed by atoms with Gasteiger partial charge in [-0.05, 0) is 48.0 Å². The summed E-state index contributed by atoms with van der Waals surface area (Å²) >= 11 is 1.47. The normalized spacial score (nSPS) is 19.2. The van der Waals surface area contributed by atoms with Gasteiger partial charge in [-0.3, -0.25) is 9.69 Å². The number of nitrogens with zero attached hydrogens (tertiary/aromatic N) is 2. The number of ether oxygens (including phenoxy) is 1. The fourth-order valence-corrected chi connectivity index (χ4v) is 5.82. The number of methoxy groups -OCH3 is 1. The Morgan fingerprint density at radius 1 is 1.09 bits per heavy atom. The van der Waals surface area contributed by atoms with E-state index in [2.05, 4.69) is 5.32 Å². The molecule has 6 nitrogen and oxygen atoms in total. The SMILES string of the molecule is COc1ccc(NC(=O)N2CCS[C@@]23C(=O)N(Cc2ccc(F)cc2)c2ccccc23)cc1. The molecule has 3 amide bonds. The highest BCUT2D eigenvalue weighted by Gasteiger charge is 2.59. The molecule has 5 rings (SSSR count). The van der Waals surface area contributed by atoms with Gasteiger partial charge in [-0.1, -0.05) is 30.3 Å². The number of nitrogens with one attached hydrogen (secondary N) is 1. The fourth-order valence-electron chi connectivity index (χ4n) is 4.36. The van der Waals surface area contributed by atoms with Gasteiger partial charge in [0.15, 0.2) is 4.87 Å². The van der Waals surface area contributed by atoms with Crippen LogP contribution in [-0.2, 0) is 16.2 Å². The smallest absolute Gasteiger partial charge is 0.323 e. The highest BCUT2D eigenvalue weighted by atomic mass is 32.2. The predicted octanol–water partition coefficient (Wildman–Crippen LogP) is 4.81. The number of urea groups is 1. The monoisotopic (exact) mass is 463 g/mol. The predicted molar refractivity (Wildman–Crippen MR) is 127 cm³/mol. The molecular weight excluding hydrogens is 441 g/mol. The Morgan fingerprint density at radius 3 is 2.55 bits per heavy atom. The minimum atomic E-state index is -1.13. The van der Waals surface area contributed by atoms with Gasteiger partial charge >= 0.3 is 6.03 Å². The molecule has 0 radical (unpaired) electrons. The van der Waals surface area contributed by atoms with Crippen LogP contribution in [-0.4, -0.2) is 36.2 Å². The molecule has 168 valence electrons. The number of amides is 3. The topological polar surface area (TPSA) is 61.9 Å². The summed E-state index contributed by atoms with van der Waals surface area (Å²) in [6.45, 7) is 0.740. The van der Waals surface area contributed by atoms with Crippen molar-refractivity contribution < 1.29 is 18.7 Å². The molecule has 1 N–H and O–H groups in total. The van der Waals surface area contributed by atoms with Crippen molar-refractivity contribution in [2.24, 2.45) is 0 Å². The van der Waals surface area contributed by atoms with Gasteiger partial charge in [-0.15, -0.1) is 11.8 Å². The van der Waals surface area contributed by atoms with Crippen molar-refractivity contribution in [1.29, 1.82) is 0 Å². The van der Waals surface area contributed by atoms with E-state index in [9.17, 15) is 14.0 Å². The number of para-hydroxylation sites is 1. The van der Waals surface area contributed by atoms with E-state index in [0.29, 0.717) is 30.3 Å². The van der Waals surface area contributed by atoms with E-state index < -0.39 is 4.87 Å². The molecule has 1 atom stereocenters. The highest BCUT2D eigenvalue weighted by Crippen LogP contribution is 2.54. The summed E-state index contributed by atoms with van der Waals surface area (Å²) in [6.07, 6.45) is 0. The van der Waals surface area contributed by atoms with Crippen molar-refractivity contribution in [2.45, 2.75) is 11.4 Å². The van der Waals surface area contributed by atoms with Crippen molar-refractivity contribution >= 4 is 35.1 Å². The second kappa shape index (κ2) is 8.44. The Bertz CT molecular complexity index is 1200. The first kappa shape index (κ1) is 21.3. The molecule has 2 heterocycles. The van der Waals surface area contributed by atoms with Gasteiger partial charge in [0.05, 0.1) is 19.3 Å². The molecule has 1 fully saturated rings. The summed E-state index contributed by atoms with van der Waals surface area (Å²) in [4.78, 5) is 29.4. The van der Waals surface area contributed by atoms with E-state index >= 15 is 0 Å². The van der Waals surface area contributed by atoms with Crippen LogP contribution in [0.25, 0.3) is 0 Å². The van der Waals surface area contributed by atoms with Crippen LogP contribution in [0.1, 0.15) is 11.1 Å². The second-order valence-electron chi connectivity index (χ2n) is 7.84. The third-order valence-electron chi connectivity index (χ3n) is 5.94. The summed E-state index contributed by atoms with van der Waals surface area (Å²) in [6, 6.07) is 20.4. The van der Waals surface area contributed by atoms with Crippen molar-refractivity contribution in [2.75, 3.05) is 29.6 Å². The Labute approximate surface area is 195 Å². The zero-order chi connectivity index (χ0) is 23.0. The summed E-state index contributed by atoms with van der Waals surface area (Å²) in [7, 11) is 1.58. The van der Waals surface area contributed by atoms with Crippen LogP contribution >= 0.6 is 11.8 Å². The lowest BCUT2D eigenvalue weighted by molar-refractivity contribution is -0.123. The van der Waals surface area contributed by atoms with Crippen LogP contribution in [0.5, 0.6) is 5.75 Å². The van der Waals surface area contributed by atoms with Crippen LogP contribution in [0, 0.1) is 5.82 Å².